The van der Waals surface area contributed by atoms with E-state index in [0.717, 1.165) is 5.56 Å². The van der Waals surface area contributed by atoms with Crippen LogP contribution in [0, 0.1) is 17.7 Å². The van der Waals surface area contributed by atoms with Gasteiger partial charge < -0.3 is 24.1 Å². The van der Waals surface area contributed by atoms with Gasteiger partial charge in [0.15, 0.2) is 23.0 Å². The van der Waals surface area contributed by atoms with E-state index in [9.17, 15) is 19.5 Å². The zero-order valence-electron chi connectivity index (χ0n) is 28.6. The van der Waals surface area contributed by atoms with Crippen molar-refractivity contribution in [2.75, 3.05) is 0 Å². The molecule has 4 aromatic carbocycles. The van der Waals surface area contributed by atoms with E-state index in [1.165, 1.54) is 51.1 Å². The predicted molar refractivity (Wildman–Crippen MR) is 192 cm³/mol. The molecule has 0 bridgehead atoms. The molecule has 8 nitrogen and oxygen atoms in total. The van der Waals surface area contributed by atoms with Gasteiger partial charge in [-0.2, -0.15) is 0 Å². The van der Waals surface area contributed by atoms with Gasteiger partial charge in [0, 0.05) is 22.3 Å². The summed E-state index contributed by atoms with van der Waals surface area (Å²) in [4.78, 5) is 36.6. The Morgan fingerprint density at radius 3 is 1.53 bits per heavy atom. The van der Waals surface area contributed by atoms with Gasteiger partial charge in [-0.1, -0.05) is 68.5 Å². The Kier molecular flexibility index (Phi) is 11.9. The SMILES string of the molecule is C=C(C)C(=O)Oc1ccc(-c2ccc(C#Cc3ccc(-c4ccc(O[C@@H](O)C(=C)C)c(OC(=O)C(=C)C)c4)cc3F)cc2)cc1OC(=O)C(=C)C. The molecule has 4 rings (SSSR count). The predicted octanol–water partition coefficient (Wildman–Crippen LogP) is 8.28. The van der Waals surface area contributed by atoms with E-state index in [1.54, 1.807) is 55.5 Å². The Labute approximate surface area is 295 Å². The summed E-state index contributed by atoms with van der Waals surface area (Å²) < 4.78 is 36.9. The van der Waals surface area contributed by atoms with Gasteiger partial charge in [0.05, 0.1) is 5.56 Å². The van der Waals surface area contributed by atoms with Gasteiger partial charge in [-0.3, -0.25) is 0 Å². The van der Waals surface area contributed by atoms with Gasteiger partial charge >= 0.3 is 17.9 Å². The van der Waals surface area contributed by atoms with Crippen LogP contribution in [0.5, 0.6) is 23.0 Å². The van der Waals surface area contributed by atoms with Crippen molar-refractivity contribution >= 4 is 17.9 Å². The van der Waals surface area contributed by atoms with E-state index in [0.29, 0.717) is 27.8 Å². The Bertz CT molecular complexity index is 2150. The molecule has 0 spiro atoms. The molecule has 0 radical (unpaired) electrons. The maximum absolute atomic E-state index is 15.3. The highest BCUT2D eigenvalue weighted by atomic mass is 19.1. The van der Waals surface area contributed by atoms with E-state index in [1.807, 2.05) is 0 Å². The lowest BCUT2D eigenvalue weighted by molar-refractivity contribution is -0.132. The number of carbonyl (C=O) groups excluding carboxylic acids is 3. The van der Waals surface area contributed by atoms with E-state index < -0.39 is 30.0 Å². The maximum atomic E-state index is 15.3. The third kappa shape index (κ3) is 9.79. The van der Waals surface area contributed by atoms with Crippen LogP contribution in [0.25, 0.3) is 22.3 Å². The minimum Gasteiger partial charge on any atom is -0.457 e. The van der Waals surface area contributed by atoms with Crippen LogP contribution in [-0.2, 0) is 14.4 Å². The summed E-state index contributed by atoms with van der Waals surface area (Å²) in [5, 5.41) is 10.1. The van der Waals surface area contributed by atoms with Crippen molar-refractivity contribution in [1.82, 2.24) is 0 Å². The number of benzene rings is 4. The zero-order chi connectivity index (χ0) is 37.4. The van der Waals surface area contributed by atoms with Crippen LogP contribution >= 0.6 is 0 Å². The number of aliphatic hydroxyl groups is 1. The Morgan fingerprint density at radius 1 is 0.588 bits per heavy atom. The Balaban J connectivity index is 1.56. The molecular weight excluding hydrogens is 651 g/mol. The summed E-state index contributed by atoms with van der Waals surface area (Å²) >= 11 is 0. The van der Waals surface area contributed by atoms with Crippen LogP contribution < -0.4 is 18.9 Å². The minimum absolute atomic E-state index is 0.0137. The zero-order valence-corrected chi connectivity index (χ0v) is 28.6. The van der Waals surface area contributed by atoms with Gasteiger partial charge in [0.1, 0.15) is 5.82 Å². The van der Waals surface area contributed by atoms with Crippen molar-refractivity contribution in [2.45, 2.75) is 34.0 Å². The first-order valence-electron chi connectivity index (χ1n) is 15.5. The van der Waals surface area contributed by atoms with Gasteiger partial charge in [-0.25, -0.2) is 18.8 Å². The van der Waals surface area contributed by atoms with Crippen LogP contribution in [0.1, 0.15) is 38.8 Å². The Hall–Kier alpha value is -6.50. The standard InChI is InChI=1S/C42H35FO8/c1-24(2)39(44)48-35-19-17-32(22-37(35)50-41(46)26(5)6)29-12-9-28(10-13-29)11-14-30-15-16-31(21-34(30)43)33-18-20-36(49-40(45)25(3)4)38(23-33)51-42(47)27(7)8/h9-10,12-13,15-23,40,45H,1,3,5,7H2,2,4,6,8H3/t40-/m1/s1. The number of aliphatic hydroxyl groups excluding tert-OH is 1. The first-order chi connectivity index (χ1) is 24.1. The molecule has 1 N–H and O–H groups in total. The molecular formula is C42H35FO8. The van der Waals surface area contributed by atoms with Gasteiger partial charge in [0.2, 0.25) is 6.29 Å². The summed E-state index contributed by atoms with van der Waals surface area (Å²) in [5.74, 6) is 3.39. The number of hydrogen-bond acceptors (Lipinski definition) is 8. The summed E-state index contributed by atoms with van der Waals surface area (Å²) in [6, 6.07) is 21.1. The molecule has 0 unspecified atom stereocenters. The smallest absolute Gasteiger partial charge is 0.338 e. The highest BCUT2D eigenvalue weighted by molar-refractivity contribution is 5.91. The molecule has 0 aliphatic rings. The second-order valence-corrected chi connectivity index (χ2v) is 11.7. The van der Waals surface area contributed by atoms with Crippen molar-refractivity contribution in [3.05, 3.63) is 144 Å². The average molecular weight is 687 g/mol. The van der Waals surface area contributed by atoms with Crippen LogP contribution in [0.3, 0.4) is 0 Å². The number of rotatable bonds is 11. The number of halogens is 1. The van der Waals surface area contributed by atoms with Gasteiger partial charge in [0.25, 0.3) is 0 Å². The lowest BCUT2D eigenvalue weighted by Gasteiger charge is -2.17. The fourth-order valence-electron chi connectivity index (χ4n) is 4.18. The van der Waals surface area contributed by atoms with Crippen LogP contribution in [0.2, 0.25) is 0 Å². The molecule has 51 heavy (non-hydrogen) atoms. The highest BCUT2D eigenvalue weighted by Crippen LogP contribution is 2.36. The summed E-state index contributed by atoms with van der Waals surface area (Å²) in [6.07, 6.45) is -1.33. The number of hydrogen-bond donors (Lipinski definition) is 1. The molecule has 0 amide bonds. The van der Waals surface area contributed by atoms with E-state index in [2.05, 4.69) is 38.2 Å². The lowest BCUT2D eigenvalue weighted by atomic mass is 10.0. The molecule has 0 heterocycles. The fraction of sp³-hybridized carbons (Fsp3) is 0.119. The fourth-order valence-corrected chi connectivity index (χ4v) is 4.18. The largest absolute Gasteiger partial charge is 0.457 e. The molecule has 4 aromatic rings. The second-order valence-electron chi connectivity index (χ2n) is 11.7. The molecule has 9 heteroatoms. The monoisotopic (exact) mass is 686 g/mol. The average Bonchev–Trinajstić information content (AvgIpc) is 3.09. The normalized spacial score (nSPS) is 10.9. The molecule has 0 aliphatic heterocycles. The van der Waals surface area contributed by atoms with Gasteiger partial charge in [-0.05, 0) is 104 Å². The minimum atomic E-state index is -1.33. The van der Waals surface area contributed by atoms with Crippen LogP contribution in [-0.4, -0.2) is 29.3 Å². The number of carbonyl (C=O) groups is 3. The van der Waals surface area contributed by atoms with Crippen molar-refractivity contribution < 1.29 is 42.8 Å². The summed E-state index contributed by atoms with van der Waals surface area (Å²) in [5.41, 5.74) is 4.04. The van der Waals surface area contributed by atoms with E-state index >= 15 is 4.39 Å². The molecule has 0 fully saturated rings. The van der Waals surface area contributed by atoms with Crippen molar-refractivity contribution in [2.24, 2.45) is 0 Å². The second kappa shape index (κ2) is 16.3. The van der Waals surface area contributed by atoms with E-state index in [4.69, 9.17) is 18.9 Å². The first-order valence-corrected chi connectivity index (χ1v) is 15.5. The van der Waals surface area contributed by atoms with Crippen LogP contribution in [0.4, 0.5) is 4.39 Å². The van der Waals surface area contributed by atoms with E-state index in [-0.39, 0.29) is 45.3 Å². The number of ether oxygens (including phenoxy) is 4. The van der Waals surface area contributed by atoms with Crippen molar-refractivity contribution in [1.29, 1.82) is 0 Å². The highest BCUT2D eigenvalue weighted by Gasteiger charge is 2.18. The summed E-state index contributed by atoms with van der Waals surface area (Å²) in [6.45, 7) is 20.5. The third-order valence-corrected chi connectivity index (χ3v) is 7.06. The van der Waals surface area contributed by atoms with Gasteiger partial charge in [-0.15, -0.1) is 0 Å². The molecule has 0 saturated carbocycles. The molecule has 258 valence electrons. The molecule has 0 saturated heterocycles. The molecule has 1 atom stereocenters. The Morgan fingerprint density at radius 2 is 1.02 bits per heavy atom. The first kappa shape index (κ1) is 37.3. The van der Waals surface area contributed by atoms with Crippen molar-refractivity contribution in [3.8, 4) is 57.1 Å². The number of esters is 3. The maximum Gasteiger partial charge on any atom is 0.338 e. The molecule has 0 aliphatic carbocycles. The van der Waals surface area contributed by atoms with Crippen molar-refractivity contribution in [3.63, 3.8) is 0 Å². The van der Waals surface area contributed by atoms with Crippen LogP contribution in [0.15, 0.2) is 127 Å². The third-order valence-electron chi connectivity index (χ3n) is 7.06. The quantitative estimate of drug-likeness (QED) is 0.0420. The topological polar surface area (TPSA) is 108 Å². The summed E-state index contributed by atoms with van der Waals surface area (Å²) in [7, 11) is 0. The molecule has 0 aromatic heterocycles. The lowest BCUT2D eigenvalue weighted by Crippen LogP contribution is -2.17.